The van der Waals surface area contributed by atoms with E-state index >= 15 is 0 Å². The summed E-state index contributed by atoms with van der Waals surface area (Å²) in [5.74, 6) is 0.962. The zero-order valence-electron chi connectivity index (χ0n) is 12.1. The fourth-order valence-corrected chi connectivity index (χ4v) is 2.74. The van der Waals surface area contributed by atoms with Crippen molar-refractivity contribution in [3.8, 4) is 11.3 Å². The average molecular weight is 305 g/mol. The normalized spacial score (nSPS) is 14.4. The SMILES string of the molecule is CC(C)C(=O)N1CCc2c(noc2-c2ccc(Cl)cc2)C1. The fourth-order valence-electron chi connectivity index (χ4n) is 2.61. The molecule has 1 aromatic carbocycles. The quantitative estimate of drug-likeness (QED) is 0.852. The van der Waals surface area contributed by atoms with Gasteiger partial charge in [0.1, 0.15) is 5.69 Å². The molecule has 0 N–H and O–H groups in total. The van der Waals surface area contributed by atoms with E-state index in [4.69, 9.17) is 16.1 Å². The van der Waals surface area contributed by atoms with Crippen molar-refractivity contribution in [3.63, 3.8) is 0 Å². The number of carbonyl (C=O) groups excluding carboxylic acids is 1. The molecule has 0 spiro atoms. The summed E-state index contributed by atoms with van der Waals surface area (Å²) in [6.07, 6.45) is 0.773. The summed E-state index contributed by atoms with van der Waals surface area (Å²) in [5.41, 5.74) is 2.93. The summed E-state index contributed by atoms with van der Waals surface area (Å²) >= 11 is 5.91. The monoisotopic (exact) mass is 304 g/mol. The summed E-state index contributed by atoms with van der Waals surface area (Å²) in [6, 6.07) is 7.52. The molecular weight excluding hydrogens is 288 g/mol. The van der Waals surface area contributed by atoms with Crippen molar-refractivity contribution in [3.05, 3.63) is 40.5 Å². The first-order chi connectivity index (χ1) is 10.1. The minimum atomic E-state index is 0.00851. The Hall–Kier alpha value is -1.81. The van der Waals surface area contributed by atoms with Crippen molar-refractivity contribution < 1.29 is 9.32 Å². The smallest absolute Gasteiger partial charge is 0.225 e. The molecular formula is C16H17ClN2O2. The third-order valence-corrected chi connectivity index (χ3v) is 4.01. The number of fused-ring (bicyclic) bond motifs is 1. The van der Waals surface area contributed by atoms with Gasteiger partial charge in [0.15, 0.2) is 5.76 Å². The van der Waals surface area contributed by atoms with E-state index in [1.807, 2.05) is 43.0 Å². The van der Waals surface area contributed by atoms with Gasteiger partial charge in [0.25, 0.3) is 0 Å². The molecule has 1 aromatic heterocycles. The highest BCUT2D eigenvalue weighted by Gasteiger charge is 2.28. The van der Waals surface area contributed by atoms with E-state index in [1.54, 1.807) is 0 Å². The molecule has 0 bridgehead atoms. The van der Waals surface area contributed by atoms with Gasteiger partial charge in [-0.05, 0) is 30.7 Å². The highest BCUT2D eigenvalue weighted by molar-refractivity contribution is 6.30. The van der Waals surface area contributed by atoms with E-state index < -0.39 is 0 Å². The lowest BCUT2D eigenvalue weighted by molar-refractivity contribution is -0.135. The predicted molar refractivity (Wildman–Crippen MR) is 80.9 cm³/mol. The maximum absolute atomic E-state index is 12.1. The molecule has 0 atom stereocenters. The molecule has 0 radical (unpaired) electrons. The van der Waals surface area contributed by atoms with Crippen LogP contribution in [0.15, 0.2) is 28.8 Å². The van der Waals surface area contributed by atoms with Gasteiger partial charge in [-0.1, -0.05) is 30.6 Å². The maximum atomic E-state index is 12.1. The van der Waals surface area contributed by atoms with E-state index in [0.717, 1.165) is 29.0 Å². The van der Waals surface area contributed by atoms with E-state index in [2.05, 4.69) is 5.16 Å². The molecule has 3 rings (SSSR count). The van der Waals surface area contributed by atoms with Gasteiger partial charge in [-0.15, -0.1) is 0 Å². The van der Waals surface area contributed by atoms with Crippen molar-refractivity contribution in [2.75, 3.05) is 6.54 Å². The Morgan fingerprint density at radius 2 is 2.05 bits per heavy atom. The first kappa shape index (κ1) is 14.1. The lowest BCUT2D eigenvalue weighted by atomic mass is 10.00. The molecule has 0 aliphatic carbocycles. The highest BCUT2D eigenvalue weighted by atomic mass is 35.5. The molecule has 21 heavy (non-hydrogen) atoms. The first-order valence-electron chi connectivity index (χ1n) is 7.08. The largest absolute Gasteiger partial charge is 0.356 e. The van der Waals surface area contributed by atoms with Crippen LogP contribution in [0, 0.1) is 5.92 Å². The molecule has 110 valence electrons. The van der Waals surface area contributed by atoms with Crippen LogP contribution < -0.4 is 0 Å². The number of halogens is 1. The minimum Gasteiger partial charge on any atom is -0.356 e. The van der Waals surface area contributed by atoms with Gasteiger partial charge in [0.2, 0.25) is 5.91 Å². The zero-order chi connectivity index (χ0) is 15.0. The van der Waals surface area contributed by atoms with Gasteiger partial charge in [0.05, 0.1) is 6.54 Å². The molecule has 1 aliphatic heterocycles. The molecule has 2 aromatic rings. The van der Waals surface area contributed by atoms with Crippen LogP contribution in [0.3, 0.4) is 0 Å². The maximum Gasteiger partial charge on any atom is 0.225 e. The van der Waals surface area contributed by atoms with Crippen molar-refractivity contribution in [2.45, 2.75) is 26.8 Å². The number of amides is 1. The van der Waals surface area contributed by atoms with E-state index in [-0.39, 0.29) is 11.8 Å². The van der Waals surface area contributed by atoms with Gasteiger partial charge in [-0.3, -0.25) is 4.79 Å². The summed E-state index contributed by atoms with van der Waals surface area (Å²) in [7, 11) is 0. The number of aromatic nitrogens is 1. The Morgan fingerprint density at radius 1 is 1.33 bits per heavy atom. The topological polar surface area (TPSA) is 46.3 Å². The second-order valence-electron chi connectivity index (χ2n) is 5.61. The molecule has 1 aliphatic rings. The second-order valence-corrected chi connectivity index (χ2v) is 6.04. The Morgan fingerprint density at radius 3 is 2.71 bits per heavy atom. The van der Waals surface area contributed by atoms with Crippen molar-refractivity contribution in [1.82, 2.24) is 10.1 Å². The molecule has 4 nitrogen and oxygen atoms in total. The number of hydrogen-bond donors (Lipinski definition) is 0. The highest BCUT2D eigenvalue weighted by Crippen LogP contribution is 2.31. The molecule has 2 heterocycles. The fraction of sp³-hybridized carbons (Fsp3) is 0.375. The van der Waals surface area contributed by atoms with Gasteiger partial charge >= 0.3 is 0 Å². The van der Waals surface area contributed by atoms with Crippen molar-refractivity contribution >= 4 is 17.5 Å². The van der Waals surface area contributed by atoms with Crippen LogP contribution in [-0.4, -0.2) is 22.5 Å². The van der Waals surface area contributed by atoms with Crippen LogP contribution in [0.5, 0.6) is 0 Å². The van der Waals surface area contributed by atoms with E-state index in [9.17, 15) is 4.79 Å². The lowest BCUT2D eigenvalue weighted by Crippen LogP contribution is -2.38. The van der Waals surface area contributed by atoms with E-state index in [1.165, 1.54) is 0 Å². The molecule has 0 fully saturated rings. The Kier molecular flexibility index (Phi) is 3.72. The zero-order valence-corrected chi connectivity index (χ0v) is 12.9. The number of carbonyl (C=O) groups is 1. The first-order valence-corrected chi connectivity index (χ1v) is 7.46. The van der Waals surface area contributed by atoms with Crippen LogP contribution in [0.4, 0.5) is 0 Å². The van der Waals surface area contributed by atoms with Crippen molar-refractivity contribution in [2.24, 2.45) is 5.92 Å². The van der Waals surface area contributed by atoms with Crippen LogP contribution in [0.1, 0.15) is 25.1 Å². The lowest BCUT2D eigenvalue weighted by Gasteiger charge is -2.27. The van der Waals surface area contributed by atoms with Gasteiger partial charge < -0.3 is 9.42 Å². The van der Waals surface area contributed by atoms with Crippen molar-refractivity contribution in [1.29, 1.82) is 0 Å². The molecule has 0 saturated carbocycles. The summed E-state index contributed by atoms with van der Waals surface area (Å²) in [5, 5.41) is 4.84. The third-order valence-electron chi connectivity index (χ3n) is 3.75. The van der Waals surface area contributed by atoms with E-state index in [0.29, 0.717) is 18.1 Å². The van der Waals surface area contributed by atoms with Crippen LogP contribution in [0.25, 0.3) is 11.3 Å². The molecule has 1 amide bonds. The Balaban J connectivity index is 1.87. The molecule has 0 unspecified atom stereocenters. The minimum absolute atomic E-state index is 0.00851. The molecule has 0 saturated heterocycles. The van der Waals surface area contributed by atoms with Gasteiger partial charge in [-0.2, -0.15) is 0 Å². The van der Waals surface area contributed by atoms with Crippen LogP contribution in [0.2, 0.25) is 5.02 Å². The summed E-state index contributed by atoms with van der Waals surface area (Å²) < 4.78 is 5.50. The van der Waals surface area contributed by atoms with Gasteiger partial charge in [-0.25, -0.2) is 0 Å². The van der Waals surface area contributed by atoms with Crippen LogP contribution in [-0.2, 0) is 17.8 Å². The van der Waals surface area contributed by atoms with Gasteiger partial charge in [0, 0.05) is 28.6 Å². The predicted octanol–water partition coefficient (Wildman–Crippen LogP) is 3.54. The Bertz CT molecular complexity index is 661. The summed E-state index contributed by atoms with van der Waals surface area (Å²) in [4.78, 5) is 13.9. The summed E-state index contributed by atoms with van der Waals surface area (Å²) in [6.45, 7) is 5.08. The number of rotatable bonds is 2. The Labute approximate surface area is 128 Å². The molecule has 5 heteroatoms. The standard InChI is InChI=1S/C16H17ClN2O2/c1-10(2)16(20)19-8-7-13-14(9-19)18-21-15(13)11-3-5-12(17)6-4-11/h3-6,10H,7-9H2,1-2H3. The average Bonchev–Trinajstić information content (AvgIpc) is 2.90. The number of benzene rings is 1. The third kappa shape index (κ3) is 2.68. The number of nitrogens with zero attached hydrogens (tertiary/aromatic N) is 2. The number of hydrogen-bond acceptors (Lipinski definition) is 3. The van der Waals surface area contributed by atoms with Crippen LogP contribution >= 0.6 is 11.6 Å². The second kappa shape index (κ2) is 5.53.